The number of piperazine rings is 1. The first kappa shape index (κ1) is 19.8. The molecule has 2 saturated heterocycles. The van der Waals surface area contributed by atoms with Crippen LogP contribution >= 0.6 is 36.6 Å². The fraction of sp³-hybridized carbons (Fsp3) is 0.714. The predicted molar refractivity (Wildman–Crippen MR) is 96.2 cm³/mol. The molecule has 0 bridgehead atoms. The monoisotopic (exact) mass is 366 g/mol. The van der Waals surface area contributed by atoms with E-state index in [4.69, 9.17) is 9.72 Å². The minimum Gasteiger partial charge on any atom is -0.381 e. The molecule has 0 aromatic carbocycles. The van der Waals surface area contributed by atoms with Crippen molar-refractivity contribution in [1.29, 1.82) is 0 Å². The zero-order chi connectivity index (χ0) is 13.8. The van der Waals surface area contributed by atoms with Gasteiger partial charge < -0.3 is 15.0 Å². The molecule has 0 saturated carbocycles. The van der Waals surface area contributed by atoms with E-state index in [9.17, 15) is 0 Å². The third-order valence-electron chi connectivity index (χ3n) is 3.98. The van der Waals surface area contributed by atoms with Crippen LogP contribution in [0.15, 0.2) is 11.2 Å². The predicted octanol–water partition coefficient (Wildman–Crippen LogP) is 2.35. The second-order valence-electron chi connectivity index (χ2n) is 5.26. The largest absolute Gasteiger partial charge is 0.381 e. The van der Waals surface area contributed by atoms with Crippen LogP contribution in [0.5, 0.6) is 0 Å². The van der Waals surface area contributed by atoms with Crippen molar-refractivity contribution in [3.63, 3.8) is 0 Å². The highest BCUT2D eigenvalue weighted by Crippen LogP contribution is 2.29. The standard InChI is InChI=1S/C14H22N4OS.2ClH/c1-20-14-16-12(11-2-8-19-9-3-11)10-13(17-14)18-6-4-15-5-7-18;;/h10-11,15H,2-9H2,1H3;2*1H. The summed E-state index contributed by atoms with van der Waals surface area (Å²) in [5.41, 5.74) is 1.20. The molecular weight excluding hydrogens is 343 g/mol. The van der Waals surface area contributed by atoms with Crippen LogP contribution in [-0.2, 0) is 4.74 Å². The molecule has 0 amide bonds. The number of nitrogens with zero attached hydrogens (tertiary/aromatic N) is 3. The number of thioether (sulfide) groups is 1. The van der Waals surface area contributed by atoms with E-state index in [-0.39, 0.29) is 24.8 Å². The molecule has 1 aromatic heterocycles. The molecular formula is C14H24Cl2N4OS. The molecule has 2 aliphatic heterocycles. The minimum atomic E-state index is 0. The van der Waals surface area contributed by atoms with Crippen LogP contribution in [-0.4, -0.2) is 55.6 Å². The van der Waals surface area contributed by atoms with Gasteiger partial charge in [-0.2, -0.15) is 0 Å². The Morgan fingerprint density at radius 2 is 1.86 bits per heavy atom. The maximum absolute atomic E-state index is 5.46. The zero-order valence-electron chi connectivity index (χ0n) is 12.8. The molecule has 1 N–H and O–H groups in total. The average Bonchev–Trinajstić information content (AvgIpc) is 2.56. The Labute approximate surface area is 148 Å². The highest BCUT2D eigenvalue weighted by molar-refractivity contribution is 7.98. The van der Waals surface area contributed by atoms with Gasteiger partial charge in [0.1, 0.15) is 5.82 Å². The Morgan fingerprint density at radius 1 is 1.18 bits per heavy atom. The fourth-order valence-corrected chi connectivity index (χ4v) is 3.16. The molecule has 0 spiro atoms. The molecule has 2 aliphatic rings. The summed E-state index contributed by atoms with van der Waals surface area (Å²) in [4.78, 5) is 11.8. The molecule has 8 heteroatoms. The highest BCUT2D eigenvalue weighted by atomic mass is 35.5. The molecule has 0 radical (unpaired) electrons. The summed E-state index contributed by atoms with van der Waals surface area (Å²) in [5.74, 6) is 1.62. The summed E-state index contributed by atoms with van der Waals surface area (Å²) in [6.07, 6.45) is 4.20. The summed E-state index contributed by atoms with van der Waals surface area (Å²) in [7, 11) is 0. The van der Waals surface area contributed by atoms with Gasteiger partial charge in [0, 0.05) is 51.4 Å². The number of hydrogen-bond acceptors (Lipinski definition) is 6. The first-order valence-corrected chi connectivity index (χ1v) is 8.55. The molecule has 5 nitrogen and oxygen atoms in total. The van der Waals surface area contributed by atoms with Crippen LogP contribution in [0.2, 0.25) is 0 Å². The van der Waals surface area contributed by atoms with Gasteiger partial charge in [-0.25, -0.2) is 9.97 Å². The van der Waals surface area contributed by atoms with Crippen LogP contribution < -0.4 is 10.2 Å². The van der Waals surface area contributed by atoms with E-state index in [1.54, 1.807) is 11.8 Å². The number of hydrogen-bond donors (Lipinski definition) is 1. The van der Waals surface area contributed by atoms with Crippen molar-refractivity contribution < 1.29 is 4.74 Å². The lowest BCUT2D eigenvalue weighted by atomic mass is 9.96. The first-order chi connectivity index (χ1) is 9.86. The van der Waals surface area contributed by atoms with Gasteiger partial charge in [-0.1, -0.05) is 11.8 Å². The molecule has 2 fully saturated rings. The molecule has 0 atom stereocenters. The third kappa shape index (κ3) is 4.86. The SMILES string of the molecule is CSc1nc(C2CCOCC2)cc(N2CCNCC2)n1.Cl.Cl. The summed E-state index contributed by atoms with van der Waals surface area (Å²) in [6, 6.07) is 2.20. The quantitative estimate of drug-likeness (QED) is 0.654. The van der Waals surface area contributed by atoms with E-state index >= 15 is 0 Å². The van der Waals surface area contributed by atoms with Crippen molar-refractivity contribution in [3.05, 3.63) is 11.8 Å². The van der Waals surface area contributed by atoms with E-state index in [2.05, 4.69) is 21.3 Å². The average molecular weight is 367 g/mol. The zero-order valence-corrected chi connectivity index (χ0v) is 15.2. The molecule has 3 rings (SSSR count). The van der Waals surface area contributed by atoms with E-state index in [1.807, 2.05) is 6.26 Å². The smallest absolute Gasteiger partial charge is 0.189 e. The van der Waals surface area contributed by atoms with E-state index in [1.165, 1.54) is 5.69 Å². The number of anilines is 1. The molecule has 126 valence electrons. The summed E-state index contributed by atoms with van der Waals surface area (Å²) in [5, 5.41) is 4.28. The van der Waals surface area contributed by atoms with Crippen LogP contribution in [0.1, 0.15) is 24.5 Å². The van der Waals surface area contributed by atoms with Gasteiger partial charge in [0.2, 0.25) is 0 Å². The Balaban J connectivity index is 0.00000121. The summed E-state index contributed by atoms with van der Waals surface area (Å²) < 4.78 is 5.46. The molecule has 0 unspecified atom stereocenters. The Kier molecular flexibility index (Phi) is 8.79. The van der Waals surface area contributed by atoms with E-state index < -0.39 is 0 Å². The number of aromatic nitrogens is 2. The second kappa shape index (κ2) is 9.78. The number of nitrogens with one attached hydrogen (secondary N) is 1. The van der Waals surface area contributed by atoms with Gasteiger partial charge in [-0.3, -0.25) is 0 Å². The normalized spacial score (nSPS) is 19.2. The van der Waals surface area contributed by atoms with Gasteiger partial charge in [0.25, 0.3) is 0 Å². The van der Waals surface area contributed by atoms with Gasteiger partial charge in [-0.05, 0) is 19.1 Å². The van der Waals surface area contributed by atoms with Crippen molar-refractivity contribution in [2.75, 3.05) is 50.5 Å². The van der Waals surface area contributed by atoms with Gasteiger partial charge in [-0.15, -0.1) is 24.8 Å². The molecule has 1 aromatic rings. The van der Waals surface area contributed by atoms with E-state index in [0.717, 1.165) is 63.2 Å². The van der Waals surface area contributed by atoms with Gasteiger partial charge in [0.15, 0.2) is 5.16 Å². The molecule has 3 heterocycles. The number of halogens is 2. The highest BCUT2D eigenvalue weighted by Gasteiger charge is 2.21. The summed E-state index contributed by atoms with van der Waals surface area (Å²) >= 11 is 1.63. The lowest BCUT2D eigenvalue weighted by Gasteiger charge is -2.29. The molecule has 0 aliphatic carbocycles. The number of ether oxygens (including phenoxy) is 1. The van der Waals surface area contributed by atoms with Crippen molar-refractivity contribution in [1.82, 2.24) is 15.3 Å². The lowest BCUT2D eigenvalue weighted by molar-refractivity contribution is 0.0843. The van der Waals surface area contributed by atoms with Gasteiger partial charge in [0.05, 0.1) is 5.69 Å². The van der Waals surface area contributed by atoms with Crippen LogP contribution in [0.25, 0.3) is 0 Å². The van der Waals surface area contributed by atoms with Crippen LogP contribution in [0, 0.1) is 0 Å². The fourth-order valence-electron chi connectivity index (χ4n) is 2.78. The Bertz CT molecular complexity index is 418. The topological polar surface area (TPSA) is 50.3 Å². The van der Waals surface area contributed by atoms with Gasteiger partial charge >= 0.3 is 0 Å². The van der Waals surface area contributed by atoms with Crippen molar-refractivity contribution >= 4 is 42.4 Å². The second-order valence-corrected chi connectivity index (χ2v) is 6.03. The van der Waals surface area contributed by atoms with Crippen molar-refractivity contribution in [3.8, 4) is 0 Å². The van der Waals surface area contributed by atoms with Crippen molar-refractivity contribution in [2.45, 2.75) is 23.9 Å². The first-order valence-electron chi connectivity index (χ1n) is 7.33. The number of rotatable bonds is 3. The minimum absolute atomic E-state index is 0. The summed E-state index contributed by atoms with van der Waals surface area (Å²) in [6.45, 7) is 5.82. The maximum atomic E-state index is 5.46. The Morgan fingerprint density at radius 3 is 2.50 bits per heavy atom. The Hall–Kier alpha value is -0.270. The lowest BCUT2D eigenvalue weighted by Crippen LogP contribution is -2.44. The van der Waals surface area contributed by atoms with Crippen molar-refractivity contribution in [2.24, 2.45) is 0 Å². The molecule has 22 heavy (non-hydrogen) atoms. The van der Waals surface area contributed by atoms with Crippen LogP contribution in [0.4, 0.5) is 5.82 Å². The van der Waals surface area contributed by atoms with E-state index in [0.29, 0.717) is 5.92 Å². The van der Waals surface area contributed by atoms with Crippen LogP contribution in [0.3, 0.4) is 0 Å². The maximum Gasteiger partial charge on any atom is 0.189 e. The third-order valence-corrected chi connectivity index (χ3v) is 4.52.